The highest BCUT2D eigenvalue weighted by Gasteiger charge is 2.30. The lowest BCUT2D eigenvalue weighted by Gasteiger charge is -2.16. The van der Waals surface area contributed by atoms with E-state index in [0.29, 0.717) is 11.8 Å². The van der Waals surface area contributed by atoms with E-state index in [1.54, 1.807) is 0 Å². The first kappa shape index (κ1) is 10.6. The minimum atomic E-state index is 0.0139. The molecule has 1 fully saturated rings. The third kappa shape index (κ3) is 2.04. The Hall–Kier alpha value is -0.900. The SMILES string of the molecule is CCC(C)C(N)c1nc(C2CC2)nn1C. The molecular weight excluding hydrogens is 188 g/mol. The van der Waals surface area contributed by atoms with Crippen molar-refractivity contribution >= 4 is 0 Å². The zero-order valence-corrected chi connectivity index (χ0v) is 9.77. The Morgan fingerprint density at radius 3 is 2.73 bits per heavy atom. The van der Waals surface area contributed by atoms with Gasteiger partial charge in [-0.2, -0.15) is 5.10 Å². The topological polar surface area (TPSA) is 56.7 Å². The van der Waals surface area contributed by atoms with Gasteiger partial charge in [0.25, 0.3) is 0 Å². The van der Waals surface area contributed by atoms with E-state index < -0.39 is 0 Å². The Kier molecular flexibility index (Phi) is 2.78. The summed E-state index contributed by atoms with van der Waals surface area (Å²) < 4.78 is 1.85. The summed E-state index contributed by atoms with van der Waals surface area (Å²) in [5.74, 6) is 2.99. The molecule has 2 atom stereocenters. The van der Waals surface area contributed by atoms with Crippen LogP contribution < -0.4 is 5.73 Å². The van der Waals surface area contributed by atoms with Crippen molar-refractivity contribution in [1.82, 2.24) is 14.8 Å². The maximum Gasteiger partial charge on any atom is 0.154 e. The van der Waals surface area contributed by atoms with Gasteiger partial charge in [-0.1, -0.05) is 20.3 Å². The van der Waals surface area contributed by atoms with E-state index in [4.69, 9.17) is 5.73 Å². The Morgan fingerprint density at radius 1 is 1.53 bits per heavy atom. The van der Waals surface area contributed by atoms with E-state index in [-0.39, 0.29) is 6.04 Å². The average Bonchev–Trinajstić information content (AvgIpc) is 3.00. The predicted molar refractivity (Wildman–Crippen MR) is 59.4 cm³/mol. The van der Waals surface area contributed by atoms with Gasteiger partial charge >= 0.3 is 0 Å². The van der Waals surface area contributed by atoms with Gasteiger partial charge in [-0.15, -0.1) is 0 Å². The maximum atomic E-state index is 6.16. The van der Waals surface area contributed by atoms with Gasteiger partial charge in [-0.05, 0) is 18.8 Å². The molecule has 1 saturated carbocycles. The van der Waals surface area contributed by atoms with E-state index in [0.717, 1.165) is 18.1 Å². The van der Waals surface area contributed by atoms with Crippen molar-refractivity contribution in [2.45, 2.75) is 45.1 Å². The highest BCUT2D eigenvalue weighted by atomic mass is 15.3. The molecule has 84 valence electrons. The van der Waals surface area contributed by atoms with E-state index >= 15 is 0 Å². The third-order valence-electron chi connectivity index (χ3n) is 3.31. The Labute approximate surface area is 90.9 Å². The fraction of sp³-hybridized carbons (Fsp3) is 0.818. The normalized spacial score (nSPS) is 20.3. The number of aromatic nitrogens is 3. The highest BCUT2D eigenvalue weighted by molar-refractivity contribution is 5.08. The number of nitrogens with two attached hydrogens (primary N) is 1. The molecule has 2 N–H and O–H groups in total. The largest absolute Gasteiger partial charge is 0.321 e. The lowest BCUT2D eigenvalue weighted by Crippen LogP contribution is -2.22. The molecular formula is C11H20N4. The van der Waals surface area contributed by atoms with Crippen LogP contribution in [0.4, 0.5) is 0 Å². The molecule has 4 heteroatoms. The number of nitrogens with zero attached hydrogens (tertiary/aromatic N) is 3. The Morgan fingerprint density at radius 2 is 2.20 bits per heavy atom. The van der Waals surface area contributed by atoms with Crippen molar-refractivity contribution < 1.29 is 0 Å². The molecule has 1 heterocycles. The molecule has 0 amide bonds. The van der Waals surface area contributed by atoms with Gasteiger partial charge in [0, 0.05) is 13.0 Å². The first-order chi connectivity index (χ1) is 7.13. The summed E-state index contributed by atoms with van der Waals surface area (Å²) in [4.78, 5) is 4.57. The van der Waals surface area contributed by atoms with Crippen molar-refractivity contribution in [3.05, 3.63) is 11.6 Å². The van der Waals surface area contributed by atoms with E-state index in [1.165, 1.54) is 12.8 Å². The van der Waals surface area contributed by atoms with Crippen molar-refractivity contribution in [3.63, 3.8) is 0 Å². The fourth-order valence-electron chi connectivity index (χ4n) is 1.73. The van der Waals surface area contributed by atoms with Crippen molar-refractivity contribution in [3.8, 4) is 0 Å². The summed E-state index contributed by atoms with van der Waals surface area (Å²) in [5.41, 5.74) is 6.16. The van der Waals surface area contributed by atoms with Gasteiger partial charge in [-0.3, -0.25) is 4.68 Å². The van der Waals surface area contributed by atoms with Gasteiger partial charge in [0.15, 0.2) is 5.82 Å². The second-order valence-electron chi connectivity index (χ2n) is 4.64. The zero-order chi connectivity index (χ0) is 11.0. The van der Waals surface area contributed by atoms with E-state index in [2.05, 4.69) is 23.9 Å². The summed E-state index contributed by atoms with van der Waals surface area (Å²) in [6.45, 7) is 4.32. The second kappa shape index (κ2) is 3.93. The van der Waals surface area contributed by atoms with Crippen LogP contribution in [0, 0.1) is 5.92 Å². The molecule has 1 aliphatic carbocycles. The van der Waals surface area contributed by atoms with Crippen LogP contribution in [0.1, 0.15) is 56.7 Å². The molecule has 0 aliphatic heterocycles. The van der Waals surface area contributed by atoms with Gasteiger partial charge in [-0.25, -0.2) is 4.98 Å². The molecule has 0 saturated heterocycles. The third-order valence-corrected chi connectivity index (χ3v) is 3.31. The number of hydrogen-bond acceptors (Lipinski definition) is 3. The van der Waals surface area contributed by atoms with Crippen LogP contribution in [0.5, 0.6) is 0 Å². The van der Waals surface area contributed by atoms with Crippen LogP contribution in [0.2, 0.25) is 0 Å². The average molecular weight is 208 g/mol. The number of aryl methyl sites for hydroxylation is 1. The molecule has 15 heavy (non-hydrogen) atoms. The maximum absolute atomic E-state index is 6.16. The van der Waals surface area contributed by atoms with E-state index in [1.807, 2.05) is 11.7 Å². The molecule has 0 bridgehead atoms. The predicted octanol–water partition coefficient (Wildman–Crippen LogP) is 1.74. The summed E-state index contributed by atoms with van der Waals surface area (Å²) in [6.07, 6.45) is 3.55. The molecule has 2 unspecified atom stereocenters. The quantitative estimate of drug-likeness (QED) is 0.820. The molecule has 1 aliphatic rings. The van der Waals surface area contributed by atoms with Crippen molar-refractivity contribution in [1.29, 1.82) is 0 Å². The zero-order valence-electron chi connectivity index (χ0n) is 9.77. The van der Waals surface area contributed by atoms with Gasteiger partial charge in [0.05, 0.1) is 6.04 Å². The Balaban J connectivity index is 2.19. The van der Waals surface area contributed by atoms with Crippen LogP contribution in [0.3, 0.4) is 0 Å². The molecule has 1 aromatic rings. The van der Waals surface area contributed by atoms with Gasteiger partial charge in [0.2, 0.25) is 0 Å². The summed E-state index contributed by atoms with van der Waals surface area (Å²) in [7, 11) is 1.94. The lowest BCUT2D eigenvalue weighted by molar-refractivity contribution is 0.425. The molecule has 0 spiro atoms. The lowest BCUT2D eigenvalue weighted by atomic mass is 9.99. The molecule has 4 nitrogen and oxygen atoms in total. The van der Waals surface area contributed by atoms with Crippen LogP contribution >= 0.6 is 0 Å². The van der Waals surface area contributed by atoms with Crippen LogP contribution in [-0.2, 0) is 7.05 Å². The number of hydrogen-bond donors (Lipinski definition) is 1. The monoisotopic (exact) mass is 208 g/mol. The smallest absolute Gasteiger partial charge is 0.154 e. The Bertz CT molecular complexity index is 340. The van der Waals surface area contributed by atoms with Crippen molar-refractivity contribution in [2.75, 3.05) is 0 Å². The van der Waals surface area contributed by atoms with Crippen LogP contribution in [0.15, 0.2) is 0 Å². The summed E-state index contributed by atoms with van der Waals surface area (Å²) in [6, 6.07) is 0.0139. The minimum Gasteiger partial charge on any atom is -0.321 e. The van der Waals surface area contributed by atoms with E-state index in [9.17, 15) is 0 Å². The second-order valence-corrected chi connectivity index (χ2v) is 4.64. The summed E-state index contributed by atoms with van der Waals surface area (Å²) >= 11 is 0. The van der Waals surface area contributed by atoms with Crippen LogP contribution in [0.25, 0.3) is 0 Å². The van der Waals surface area contributed by atoms with Gasteiger partial charge in [0.1, 0.15) is 5.82 Å². The molecule has 2 rings (SSSR count). The number of rotatable bonds is 4. The first-order valence-electron chi connectivity index (χ1n) is 5.79. The van der Waals surface area contributed by atoms with Crippen LogP contribution in [-0.4, -0.2) is 14.8 Å². The molecule has 0 aromatic carbocycles. The first-order valence-corrected chi connectivity index (χ1v) is 5.79. The van der Waals surface area contributed by atoms with Crippen molar-refractivity contribution in [2.24, 2.45) is 18.7 Å². The molecule has 1 aromatic heterocycles. The molecule has 0 radical (unpaired) electrons. The highest BCUT2D eigenvalue weighted by Crippen LogP contribution is 2.38. The van der Waals surface area contributed by atoms with Gasteiger partial charge < -0.3 is 5.73 Å². The minimum absolute atomic E-state index is 0.0139. The summed E-state index contributed by atoms with van der Waals surface area (Å²) in [5, 5.41) is 4.44. The standard InChI is InChI=1S/C11H20N4/c1-4-7(2)9(12)11-13-10(8-5-6-8)14-15(11)3/h7-9H,4-6,12H2,1-3H3. The fourth-order valence-corrected chi connectivity index (χ4v) is 1.73.